The molecule has 1 rings (SSSR count). The van der Waals surface area contributed by atoms with Gasteiger partial charge in [0.2, 0.25) is 6.43 Å². The first-order chi connectivity index (χ1) is 12.9. The summed E-state index contributed by atoms with van der Waals surface area (Å²) in [6, 6.07) is 6.02. The van der Waals surface area contributed by atoms with E-state index < -0.39 is 24.8 Å². The molecule has 0 fully saturated rings. The normalized spacial score (nSPS) is 14.2. The molecule has 0 aliphatic carbocycles. The molecule has 27 heavy (non-hydrogen) atoms. The van der Waals surface area contributed by atoms with Crippen LogP contribution in [0, 0.1) is 5.82 Å². The van der Waals surface area contributed by atoms with Crippen LogP contribution in [0.25, 0.3) is 5.70 Å². The average molecular weight is 379 g/mol. The van der Waals surface area contributed by atoms with Crippen molar-refractivity contribution >= 4 is 5.70 Å². The fourth-order valence-electron chi connectivity index (χ4n) is 2.66. The van der Waals surface area contributed by atoms with Crippen molar-refractivity contribution in [2.75, 3.05) is 0 Å². The van der Waals surface area contributed by atoms with E-state index in [2.05, 4.69) is 18.5 Å². The van der Waals surface area contributed by atoms with Crippen molar-refractivity contribution in [3.63, 3.8) is 0 Å². The molecule has 0 spiro atoms. The number of benzene rings is 1. The van der Waals surface area contributed by atoms with Crippen LogP contribution in [-0.2, 0) is 0 Å². The van der Waals surface area contributed by atoms with Gasteiger partial charge >= 0.3 is 0 Å². The summed E-state index contributed by atoms with van der Waals surface area (Å²) >= 11 is 0. The predicted molar refractivity (Wildman–Crippen MR) is 104 cm³/mol. The van der Waals surface area contributed by atoms with E-state index in [1.54, 1.807) is 24.3 Å². The number of hydrogen-bond acceptors (Lipinski definition) is 1. The monoisotopic (exact) mass is 379 g/mol. The molecule has 1 nitrogen and oxygen atoms in total. The summed E-state index contributed by atoms with van der Waals surface area (Å²) in [5.41, 5.74) is 1.59. The van der Waals surface area contributed by atoms with Crippen LogP contribution in [0.2, 0.25) is 0 Å². The summed E-state index contributed by atoms with van der Waals surface area (Å²) in [4.78, 5) is 0. The minimum Gasteiger partial charge on any atom is -0.361 e. The minimum absolute atomic E-state index is 0.215. The molecule has 0 saturated heterocycles. The molecule has 5 heteroatoms. The van der Waals surface area contributed by atoms with Gasteiger partial charge in [-0.2, -0.15) is 0 Å². The van der Waals surface area contributed by atoms with Crippen molar-refractivity contribution in [2.45, 2.75) is 38.8 Å². The predicted octanol–water partition coefficient (Wildman–Crippen LogP) is 6.73. The maximum Gasteiger partial charge on any atom is 0.241 e. The van der Waals surface area contributed by atoms with Gasteiger partial charge in [0.1, 0.15) is 12.0 Å². The zero-order valence-corrected chi connectivity index (χ0v) is 15.4. The highest BCUT2D eigenvalue weighted by Gasteiger charge is 2.22. The first kappa shape index (κ1) is 22.5. The van der Waals surface area contributed by atoms with Crippen molar-refractivity contribution in [1.29, 1.82) is 0 Å². The number of hydrogen-bond donors (Lipinski definition) is 1. The Morgan fingerprint density at radius 2 is 1.89 bits per heavy atom. The van der Waals surface area contributed by atoms with Crippen LogP contribution in [0.4, 0.5) is 17.6 Å². The number of rotatable bonds is 11. The molecule has 0 aromatic heterocycles. The van der Waals surface area contributed by atoms with Crippen LogP contribution in [0.3, 0.4) is 0 Å². The van der Waals surface area contributed by atoms with E-state index in [-0.39, 0.29) is 12.0 Å². The summed E-state index contributed by atoms with van der Waals surface area (Å²) < 4.78 is 54.0. The van der Waals surface area contributed by atoms with E-state index >= 15 is 0 Å². The Morgan fingerprint density at radius 3 is 2.44 bits per heavy atom. The van der Waals surface area contributed by atoms with E-state index in [1.807, 2.05) is 19.1 Å². The zero-order chi connectivity index (χ0) is 20.2. The van der Waals surface area contributed by atoms with Gasteiger partial charge < -0.3 is 5.32 Å². The Kier molecular flexibility index (Phi) is 9.94. The molecular formula is C22H25F4N. The Labute approximate surface area is 158 Å². The molecule has 1 unspecified atom stereocenters. The molecule has 1 aromatic carbocycles. The highest BCUT2D eigenvalue weighted by atomic mass is 19.3. The summed E-state index contributed by atoms with van der Waals surface area (Å²) in [5, 5.41) is 2.86. The minimum atomic E-state index is -2.76. The average Bonchev–Trinajstić information content (AvgIpc) is 2.62. The molecule has 0 aliphatic rings. The molecule has 1 atom stereocenters. The number of halogens is 4. The lowest BCUT2D eigenvalue weighted by molar-refractivity contribution is 0.100. The second kappa shape index (κ2) is 11.9. The SMILES string of the molecule is C=C/C=C(C/C=C\C)/C(CC(F)CC(F)F)=C(/NC=C)c1ccccc1F. The smallest absolute Gasteiger partial charge is 0.241 e. The van der Waals surface area contributed by atoms with Gasteiger partial charge in [-0.25, -0.2) is 17.6 Å². The third-order valence-corrected chi connectivity index (χ3v) is 3.83. The van der Waals surface area contributed by atoms with Gasteiger partial charge in [0.25, 0.3) is 0 Å². The quantitative estimate of drug-likeness (QED) is 0.255. The van der Waals surface area contributed by atoms with Crippen molar-refractivity contribution in [3.8, 4) is 0 Å². The molecule has 0 heterocycles. The van der Waals surface area contributed by atoms with Crippen LogP contribution in [-0.4, -0.2) is 12.6 Å². The van der Waals surface area contributed by atoms with Gasteiger partial charge in [-0.3, -0.25) is 0 Å². The third-order valence-electron chi connectivity index (χ3n) is 3.83. The molecule has 146 valence electrons. The first-order valence-corrected chi connectivity index (χ1v) is 8.65. The Balaban J connectivity index is 3.59. The number of alkyl halides is 3. The van der Waals surface area contributed by atoms with Crippen molar-refractivity contribution < 1.29 is 17.6 Å². The Bertz CT molecular complexity index is 717. The second-order valence-electron chi connectivity index (χ2n) is 5.81. The fourth-order valence-corrected chi connectivity index (χ4v) is 2.66. The lowest BCUT2D eigenvalue weighted by Crippen LogP contribution is -2.15. The van der Waals surface area contributed by atoms with E-state index in [9.17, 15) is 17.6 Å². The standard InChI is InChI=1S/C22H25F4N/c1-4-7-11-16(10-5-2)19(14-17(23)15-21(25)26)22(27-6-3)18-12-8-9-13-20(18)24/h4-10,12-13,17,21,27H,2-3,11,14-15H2,1H3/b7-4-,16-10+,22-19+. The van der Waals surface area contributed by atoms with Crippen molar-refractivity contribution in [1.82, 2.24) is 5.32 Å². The van der Waals surface area contributed by atoms with E-state index in [0.717, 1.165) is 0 Å². The zero-order valence-electron chi connectivity index (χ0n) is 15.4. The van der Waals surface area contributed by atoms with Gasteiger partial charge in [-0.1, -0.05) is 49.6 Å². The maximum absolute atomic E-state index is 14.4. The largest absolute Gasteiger partial charge is 0.361 e. The lowest BCUT2D eigenvalue weighted by Gasteiger charge is -2.20. The Hall–Kier alpha value is -2.56. The first-order valence-electron chi connectivity index (χ1n) is 8.65. The maximum atomic E-state index is 14.4. The highest BCUT2D eigenvalue weighted by molar-refractivity contribution is 5.72. The summed E-state index contributed by atoms with van der Waals surface area (Å²) in [7, 11) is 0. The van der Waals surface area contributed by atoms with Crippen LogP contribution < -0.4 is 5.32 Å². The Morgan fingerprint density at radius 1 is 1.19 bits per heavy atom. The van der Waals surface area contributed by atoms with Gasteiger partial charge in [0.05, 0.1) is 5.70 Å². The van der Waals surface area contributed by atoms with Crippen LogP contribution in [0.5, 0.6) is 0 Å². The van der Waals surface area contributed by atoms with Gasteiger partial charge in [0, 0.05) is 18.4 Å². The molecule has 0 bridgehead atoms. The van der Waals surface area contributed by atoms with E-state index in [0.29, 0.717) is 23.3 Å². The van der Waals surface area contributed by atoms with Crippen molar-refractivity contribution in [3.05, 3.63) is 90.5 Å². The van der Waals surface area contributed by atoms with Crippen molar-refractivity contribution in [2.24, 2.45) is 0 Å². The summed E-state index contributed by atoms with van der Waals surface area (Å²) in [5.74, 6) is -0.507. The topological polar surface area (TPSA) is 12.0 Å². The molecule has 0 amide bonds. The molecule has 0 radical (unpaired) electrons. The van der Waals surface area contributed by atoms with E-state index in [4.69, 9.17) is 0 Å². The number of nitrogens with one attached hydrogen (secondary N) is 1. The lowest BCUT2D eigenvalue weighted by atomic mass is 9.91. The molecule has 0 saturated carbocycles. The molecule has 0 aliphatic heterocycles. The van der Waals surface area contributed by atoms with Crippen LogP contribution in [0.15, 0.2) is 79.1 Å². The summed E-state index contributed by atoms with van der Waals surface area (Å²) in [6.07, 6.45) is 2.97. The fraction of sp³-hybridized carbons (Fsp3) is 0.273. The highest BCUT2D eigenvalue weighted by Crippen LogP contribution is 2.31. The number of allylic oxidation sites excluding steroid dienone is 6. The molecule has 1 aromatic rings. The molecular weight excluding hydrogens is 354 g/mol. The molecule has 1 N–H and O–H groups in total. The summed E-state index contributed by atoms with van der Waals surface area (Å²) in [6.45, 7) is 9.10. The van der Waals surface area contributed by atoms with Gasteiger partial charge in [0.15, 0.2) is 0 Å². The van der Waals surface area contributed by atoms with Crippen LogP contribution >= 0.6 is 0 Å². The van der Waals surface area contributed by atoms with Gasteiger partial charge in [-0.05, 0) is 42.8 Å². The van der Waals surface area contributed by atoms with E-state index in [1.165, 1.54) is 18.3 Å². The van der Waals surface area contributed by atoms with Crippen LogP contribution in [0.1, 0.15) is 31.7 Å². The van der Waals surface area contributed by atoms with Gasteiger partial charge in [-0.15, -0.1) is 0 Å². The third kappa shape index (κ3) is 7.29. The second-order valence-corrected chi connectivity index (χ2v) is 5.81.